The second kappa shape index (κ2) is 13.6. The molecule has 0 spiro atoms. The Kier molecular flexibility index (Phi) is 8.94. The van der Waals surface area contributed by atoms with Gasteiger partial charge in [0.2, 0.25) is 11.9 Å². The Balaban J connectivity index is 0.926. The van der Waals surface area contributed by atoms with Gasteiger partial charge in [-0.25, -0.2) is 14.8 Å². The number of nitrogens with one attached hydrogen (secondary N) is 2. The van der Waals surface area contributed by atoms with Gasteiger partial charge in [0.25, 0.3) is 0 Å². The number of carbonyl (C=O) groups excluding carboxylic acids is 2. The maximum absolute atomic E-state index is 12.4. The summed E-state index contributed by atoms with van der Waals surface area (Å²) in [5.74, 6) is 0.946. The minimum absolute atomic E-state index is 0.142. The molecule has 4 aromatic rings. The van der Waals surface area contributed by atoms with Crippen LogP contribution in [0.5, 0.6) is 5.75 Å². The SMILES string of the molecule is COc1cc(N2CCN(C3CN(C4CN(C(=O)OC(C)(C)C)C4)C3)CC2)c(NC(C)=O)cc1Nc1nccc(-c2cn(C3CC3)c3ccccc23)n1. The summed E-state index contributed by atoms with van der Waals surface area (Å²) in [5, 5.41) is 7.61. The number of aromatic nitrogens is 3. The summed E-state index contributed by atoms with van der Waals surface area (Å²) in [6, 6.07) is 15.8. The minimum Gasteiger partial charge on any atom is -0.494 e. The standard InChI is InChI=1S/C39H49N9O4/c1-25(49)41-32-18-33(43-37-40-13-12-31(42-37)30-24-48(26-10-11-26)34-9-7-6-8-29(30)34)36(51-5)19-35(32)45-16-14-44(15-17-45)27-20-46(21-27)28-22-47(23-28)38(50)52-39(2,3)4/h6-9,12-13,18-19,24,26-28H,10-11,14-17,20-23H2,1-5H3,(H,41,49)(H,40,42,43). The van der Waals surface area contributed by atoms with Gasteiger partial charge in [0.15, 0.2) is 0 Å². The number of hydrogen-bond acceptors (Lipinski definition) is 10. The van der Waals surface area contributed by atoms with Crippen molar-refractivity contribution in [3.8, 4) is 17.0 Å². The van der Waals surface area contributed by atoms with Crippen molar-refractivity contribution in [3.63, 3.8) is 0 Å². The van der Waals surface area contributed by atoms with Gasteiger partial charge in [0.1, 0.15) is 11.4 Å². The largest absolute Gasteiger partial charge is 0.494 e. The van der Waals surface area contributed by atoms with Crippen LogP contribution < -0.4 is 20.3 Å². The Hall–Kier alpha value is -4.88. The Bertz CT molecular complexity index is 1970. The number of carbonyl (C=O) groups is 2. The smallest absolute Gasteiger partial charge is 0.410 e. The van der Waals surface area contributed by atoms with Crippen LogP contribution in [0, 0.1) is 0 Å². The highest BCUT2D eigenvalue weighted by Crippen LogP contribution is 2.42. The van der Waals surface area contributed by atoms with Crippen molar-refractivity contribution in [2.24, 2.45) is 0 Å². The van der Waals surface area contributed by atoms with Crippen LogP contribution in [0.2, 0.25) is 0 Å². The predicted molar refractivity (Wildman–Crippen MR) is 203 cm³/mol. The van der Waals surface area contributed by atoms with Crippen molar-refractivity contribution in [1.82, 2.24) is 29.2 Å². The third-order valence-electron chi connectivity index (χ3n) is 10.6. The number of amides is 2. The molecule has 274 valence electrons. The third-order valence-corrected chi connectivity index (χ3v) is 10.6. The highest BCUT2D eigenvalue weighted by atomic mass is 16.6. The molecule has 13 heteroatoms. The number of ether oxygens (including phenoxy) is 2. The van der Waals surface area contributed by atoms with Gasteiger partial charge in [-0.3, -0.25) is 14.6 Å². The number of anilines is 4. The number of likely N-dealkylation sites (tertiary alicyclic amines) is 2. The van der Waals surface area contributed by atoms with Crippen LogP contribution in [0.3, 0.4) is 0 Å². The van der Waals surface area contributed by atoms with Gasteiger partial charge in [-0.05, 0) is 51.8 Å². The maximum atomic E-state index is 12.4. The third kappa shape index (κ3) is 6.99. The van der Waals surface area contributed by atoms with Gasteiger partial charge in [-0.15, -0.1) is 0 Å². The fraction of sp³-hybridized carbons (Fsp3) is 0.487. The van der Waals surface area contributed by atoms with E-state index >= 15 is 0 Å². The molecule has 0 radical (unpaired) electrons. The zero-order valence-electron chi connectivity index (χ0n) is 30.8. The van der Waals surface area contributed by atoms with E-state index in [9.17, 15) is 9.59 Å². The van der Waals surface area contributed by atoms with Crippen molar-refractivity contribution in [2.45, 2.75) is 64.3 Å². The van der Waals surface area contributed by atoms with E-state index in [2.05, 4.69) is 65.3 Å². The molecule has 4 fully saturated rings. The lowest BCUT2D eigenvalue weighted by Gasteiger charge is -2.55. The Labute approximate surface area is 304 Å². The Morgan fingerprint density at radius 3 is 2.31 bits per heavy atom. The van der Waals surface area contributed by atoms with Crippen molar-refractivity contribution in [1.29, 1.82) is 0 Å². The molecule has 2 amide bonds. The monoisotopic (exact) mass is 707 g/mol. The first kappa shape index (κ1) is 34.2. The molecule has 2 aromatic carbocycles. The highest BCUT2D eigenvalue weighted by Gasteiger charge is 2.43. The van der Waals surface area contributed by atoms with E-state index in [-0.39, 0.29) is 12.0 Å². The summed E-state index contributed by atoms with van der Waals surface area (Å²) in [7, 11) is 1.65. The van der Waals surface area contributed by atoms with E-state index < -0.39 is 5.60 Å². The number of methoxy groups -OCH3 is 1. The van der Waals surface area contributed by atoms with Crippen molar-refractivity contribution in [3.05, 3.63) is 54.9 Å². The van der Waals surface area contributed by atoms with Gasteiger partial charge < -0.3 is 34.5 Å². The number of para-hydroxylation sites is 1. The summed E-state index contributed by atoms with van der Waals surface area (Å²) in [6.45, 7) is 14.2. The number of rotatable bonds is 9. The predicted octanol–water partition coefficient (Wildman–Crippen LogP) is 5.57. The van der Waals surface area contributed by atoms with Crippen LogP contribution in [0.1, 0.15) is 46.6 Å². The van der Waals surface area contributed by atoms with Crippen LogP contribution in [-0.2, 0) is 9.53 Å². The van der Waals surface area contributed by atoms with E-state index in [1.54, 1.807) is 18.2 Å². The Morgan fingerprint density at radius 2 is 1.62 bits per heavy atom. The quantitative estimate of drug-likeness (QED) is 0.229. The van der Waals surface area contributed by atoms with Gasteiger partial charge in [-0.2, -0.15) is 0 Å². The number of benzene rings is 2. The molecule has 0 bridgehead atoms. The summed E-state index contributed by atoms with van der Waals surface area (Å²) in [5.41, 5.74) is 4.98. The van der Waals surface area contributed by atoms with Gasteiger partial charge in [0.05, 0.1) is 29.9 Å². The maximum Gasteiger partial charge on any atom is 0.410 e. The van der Waals surface area contributed by atoms with Crippen LogP contribution in [0.15, 0.2) is 54.9 Å². The summed E-state index contributed by atoms with van der Waals surface area (Å²) >= 11 is 0. The van der Waals surface area contributed by atoms with E-state index in [4.69, 9.17) is 14.5 Å². The van der Waals surface area contributed by atoms with Crippen LogP contribution >= 0.6 is 0 Å². The zero-order valence-corrected chi connectivity index (χ0v) is 30.8. The molecule has 3 saturated heterocycles. The average molecular weight is 708 g/mol. The van der Waals surface area contributed by atoms with Crippen LogP contribution in [0.25, 0.3) is 22.2 Å². The fourth-order valence-electron chi connectivity index (χ4n) is 7.65. The average Bonchev–Trinajstić information content (AvgIpc) is 3.84. The first-order valence-corrected chi connectivity index (χ1v) is 18.4. The van der Waals surface area contributed by atoms with Crippen molar-refractivity contribution < 1.29 is 19.1 Å². The lowest BCUT2D eigenvalue weighted by Crippen LogP contribution is -2.71. The zero-order chi connectivity index (χ0) is 36.1. The van der Waals surface area contributed by atoms with E-state index in [1.165, 1.54) is 30.7 Å². The lowest BCUT2D eigenvalue weighted by atomic mass is 9.98. The normalized spacial score (nSPS) is 18.9. The number of nitrogens with zero attached hydrogens (tertiary/aromatic N) is 7. The minimum atomic E-state index is -0.472. The summed E-state index contributed by atoms with van der Waals surface area (Å²) in [6.07, 6.45) is 6.18. The first-order valence-electron chi connectivity index (χ1n) is 18.4. The van der Waals surface area contributed by atoms with Crippen molar-refractivity contribution in [2.75, 3.05) is 75.0 Å². The van der Waals surface area contributed by atoms with Crippen LogP contribution in [-0.4, -0.2) is 118 Å². The van der Waals surface area contributed by atoms with E-state index in [0.717, 1.165) is 69.3 Å². The van der Waals surface area contributed by atoms with Gasteiger partial charge >= 0.3 is 6.09 Å². The topological polar surface area (TPSA) is 120 Å². The second-order valence-electron chi connectivity index (χ2n) is 15.5. The van der Waals surface area contributed by atoms with Crippen molar-refractivity contribution >= 4 is 45.9 Å². The fourth-order valence-corrected chi connectivity index (χ4v) is 7.65. The highest BCUT2D eigenvalue weighted by molar-refractivity contribution is 5.96. The molecule has 13 nitrogen and oxygen atoms in total. The summed E-state index contributed by atoms with van der Waals surface area (Å²) < 4.78 is 13.8. The molecule has 3 aliphatic heterocycles. The molecule has 5 heterocycles. The molecule has 8 rings (SSSR count). The summed E-state index contributed by atoms with van der Waals surface area (Å²) in [4.78, 5) is 43.4. The molecule has 2 aromatic heterocycles. The second-order valence-corrected chi connectivity index (χ2v) is 15.5. The molecule has 52 heavy (non-hydrogen) atoms. The lowest BCUT2D eigenvalue weighted by molar-refractivity contribution is -0.114. The van der Waals surface area contributed by atoms with E-state index in [1.807, 2.05) is 39.0 Å². The molecular formula is C39H49N9O4. The van der Waals surface area contributed by atoms with E-state index in [0.29, 0.717) is 41.2 Å². The molecule has 4 aliphatic rings. The molecule has 0 atom stereocenters. The van der Waals surface area contributed by atoms with Crippen LogP contribution in [0.4, 0.5) is 27.8 Å². The number of piperazine rings is 1. The molecule has 2 N–H and O–H groups in total. The number of hydrogen-bond donors (Lipinski definition) is 2. The first-order chi connectivity index (χ1) is 25.0. The molecular weight excluding hydrogens is 658 g/mol. The Morgan fingerprint density at radius 1 is 0.885 bits per heavy atom. The molecule has 1 aliphatic carbocycles. The number of fused-ring (bicyclic) bond motifs is 1. The van der Waals surface area contributed by atoms with Gasteiger partial charge in [0, 0.05) is 112 Å². The molecule has 1 saturated carbocycles. The molecule has 0 unspecified atom stereocenters. The van der Waals surface area contributed by atoms with Gasteiger partial charge in [-0.1, -0.05) is 18.2 Å².